The molecule has 0 saturated carbocycles. The van der Waals surface area contributed by atoms with E-state index in [1.54, 1.807) is 0 Å². The van der Waals surface area contributed by atoms with Gasteiger partial charge >= 0.3 is 0 Å². The molecule has 6 nitrogen and oxygen atoms in total. The van der Waals surface area contributed by atoms with E-state index in [-0.39, 0.29) is 13.2 Å². The van der Waals surface area contributed by atoms with Crippen molar-refractivity contribution in [2.24, 2.45) is 0 Å². The maximum atomic E-state index is 9.65. The van der Waals surface area contributed by atoms with Gasteiger partial charge in [-0.05, 0) is 64.0 Å². The van der Waals surface area contributed by atoms with Crippen LogP contribution in [-0.4, -0.2) is 90.0 Å². The number of piperidine rings is 1. The van der Waals surface area contributed by atoms with Crippen LogP contribution in [-0.2, 0) is 13.2 Å². The quantitative estimate of drug-likeness (QED) is 0.701. The van der Waals surface area contributed by atoms with Crippen molar-refractivity contribution in [3.8, 4) is 5.75 Å². The predicted octanol–water partition coefficient (Wildman–Crippen LogP) is 1.54. The van der Waals surface area contributed by atoms with Crippen LogP contribution in [0.2, 0.25) is 0 Å². The number of rotatable bonds is 8. The Morgan fingerprint density at radius 1 is 1.11 bits per heavy atom. The van der Waals surface area contributed by atoms with Gasteiger partial charge in [0.1, 0.15) is 5.75 Å². The Bertz CT molecular complexity index is 605. The molecule has 2 aliphatic rings. The van der Waals surface area contributed by atoms with E-state index in [0.29, 0.717) is 18.7 Å². The van der Waals surface area contributed by atoms with E-state index in [0.717, 1.165) is 43.9 Å². The van der Waals surface area contributed by atoms with E-state index in [4.69, 9.17) is 4.74 Å². The van der Waals surface area contributed by atoms with E-state index in [1.165, 1.54) is 31.5 Å². The molecule has 2 heterocycles. The third kappa shape index (κ3) is 5.45. The molecule has 28 heavy (non-hydrogen) atoms. The lowest BCUT2D eigenvalue weighted by Crippen LogP contribution is -2.58. The van der Waals surface area contributed by atoms with Crippen molar-refractivity contribution >= 4 is 0 Å². The second-order valence-electron chi connectivity index (χ2n) is 8.21. The molecule has 6 heteroatoms. The molecule has 0 aliphatic carbocycles. The number of piperazine rings is 1. The van der Waals surface area contributed by atoms with Crippen molar-refractivity contribution < 1.29 is 14.9 Å². The number of aliphatic hydroxyl groups is 2. The van der Waals surface area contributed by atoms with Crippen molar-refractivity contribution in [1.29, 1.82) is 0 Å². The van der Waals surface area contributed by atoms with Gasteiger partial charge in [-0.25, -0.2) is 0 Å². The summed E-state index contributed by atoms with van der Waals surface area (Å²) >= 11 is 0. The second-order valence-corrected chi connectivity index (χ2v) is 8.21. The van der Waals surface area contributed by atoms with Gasteiger partial charge in [-0.1, -0.05) is 6.07 Å². The number of nitrogens with zero attached hydrogens (tertiary/aromatic N) is 3. The molecule has 2 fully saturated rings. The van der Waals surface area contributed by atoms with Crippen LogP contribution < -0.4 is 4.74 Å². The zero-order valence-corrected chi connectivity index (χ0v) is 17.5. The van der Waals surface area contributed by atoms with Gasteiger partial charge in [-0.3, -0.25) is 9.80 Å². The smallest absolute Gasteiger partial charge is 0.124 e. The predicted molar refractivity (Wildman–Crippen MR) is 112 cm³/mol. The summed E-state index contributed by atoms with van der Waals surface area (Å²) in [7, 11) is 2.21. The molecule has 0 radical (unpaired) electrons. The summed E-state index contributed by atoms with van der Waals surface area (Å²) in [5.41, 5.74) is 2.07. The average Bonchev–Trinajstić information content (AvgIpc) is 2.71. The molecule has 0 amide bonds. The number of hydrogen-bond donors (Lipinski definition) is 2. The summed E-state index contributed by atoms with van der Waals surface area (Å²) in [6.07, 6.45) is 3.31. The number of aliphatic hydroxyl groups excluding tert-OH is 2. The number of hydrogen-bond acceptors (Lipinski definition) is 6. The SMILES string of the molecule is CCOc1ccc(CN2CCN(C3CCN(C)CC3)C(CCO)C2)cc1CO. The molecule has 0 bridgehead atoms. The first kappa shape index (κ1) is 21.5. The average molecular weight is 392 g/mol. The van der Waals surface area contributed by atoms with Crippen molar-refractivity contribution in [3.63, 3.8) is 0 Å². The Kier molecular flexibility index (Phi) is 8.11. The number of benzene rings is 1. The summed E-state index contributed by atoms with van der Waals surface area (Å²) in [4.78, 5) is 7.57. The lowest BCUT2D eigenvalue weighted by Gasteiger charge is -2.47. The van der Waals surface area contributed by atoms with Gasteiger partial charge in [0.25, 0.3) is 0 Å². The first-order valence-electron chi connectivity index (χ1n) is 10.8. The summed E-state index contributed by atoms with van der Waals surface area (Å²) in [5.74, 6) is 0.777. The molecule has 2 N–H and O–H groups in total. The topological polar surface area (TPSA) is 59.4 Å². The van der Waals surface area contributed by atoms with Crippen LogP contribution >= 0.6 is 0 Å². The van der Waals surface area contributed by atoms with Gasteiger partial charge in [0.05, 0.1) is 13.2 Å². The van der Waals surface area contributed by atoms with Crippen LogP contribution in [0.1, 0.15) is 37.3 Å². The highest BCUT2D eigenvalue weighted by atomic mass is 16.5. The van der Waals surface area contributed by atoms with E-state index in [2.05, 4.69) is 33.9 Å². The monoisotopic (exact) mass is 391 g/mol. The van der Waals surface area contributed by atoms with Gasteiger partial charge in [-0.2, -0.15) is 0 Å². The third-order valence-electron chi connectivity index (χ3n) is 6.23. The van der Waals surface area contributed by atoms with Crippen molar-refractivity contribution in [3.05, 3.63) is 29.3 Å². The number of ether oxygens (including phenoxy) is 1. The molecule has 1 aromatic carbocycles. The summed E-state index contributed by atoms with van der Waals surface area (Å²) < 4.78 is 5.60. The lowest BCUT2D eigenvalue weighted by atomic mass is 9.98. The Hall–Kier alpha value is -1.18. The molecule has 2 aliphatic heterocycles. The van der Waals surface area contributed by atoms with Gasteiger partial charge in [0.2, 0.25) is 0 Å². The molecular weight excluding hydrogens is 354 g/mol. The van der Waals surface area contributed by atoms with E-state index >= 15 is 0 Å². The highest BCUT2D eigenvalue weighted by Gasteiger charge is 2.33. The maximum absolute atomic E-state index is 9.65. The Balaban J connectivity index is 1.62. The highest BCUT2D eigenvalue weighted by Crippen LogP contribution is 2.25. The van der Waals surface area contributed by atoms with Crippen molar-refractivity contribution in [2.75, 3.05) is 53.0 Å². The van der Waals surface area contributed by atoms with Crippen LogP contribution in [0.5, 0.6) is 5.75 Å². The van der Waals surface area contributed by atoms with Gasteiger partial charge in [-0.15, -0.1) is 0 Å². The minimum absolute atomic E-state index is 0.000213. The molecule has 1 unspecified atom stereocenters. The largest absolute Gasteiger partial charge is 0.494 e. The third-order valence-corrected chi connectivity index (χ3v) is 6.23. The van der Waals surface area contributed by atoms with Crippen LogP contribution in [0.4, 0.5) is 0 Å². The number of likely N-dealkylation sites (tertiary alicyclic amines) is 1. The van der Waals surface area contributed by atoms with E-state index < -0.39 is 0 Å². The fraction of sp³-hybridized carbons (Fsp3) is 0.727. The summed E-state index contributed by atoms with van der Waals surface area (Å²) in [5, 5.41) is 19.3. The van der Waals surface area contributed by atoms with Crippen LogP contribution in [0, 0.1) is 0 Å². The van der Waals surface area contributed by atoms with Crippen LogP contribution in [0.3, 0.4) is 0 Å². The second kappa shape index (κ2) is 10.6. The van der Waals surface area contributed by atoms with Gasteiger partial charge in [0.15, 0.2) is 0 Å². The molecule has 2 saturated heterocycles. The Morgan fingerprint density at radius 2 is 1.89 bits per heavy atom. The molecule has 0 aromatic heterocycles. The molecule has 1 atom stereocenters. The fourth-order valence-corrected chi connectivity index (χ4v) is 4.70. The highest BCUT2D eigenvalue weighted by molar-refractivity contribution is 5.37. The zero-order valence-electron chi connectivity index (χ0n) is 17.5. The molecule has 0 spiro atoms. The minimum atomic E-state index is 0.000213. The first-order valence-corrected chi connectivity index (χ1v) is 10.8. The van der Waals surface area contributed by atoms with Gasteiger partial charge < -0.3 is 19.8 Å². The summed E-state index contributed by atoms with van der Waals surface area (Å²) in [6.45, 7) is 9.16. The molecule has 3 rings (SSSR count). The van der Waals surface area contributed by atoms with Gasteiger partial charge in [0, 0.05) is 50.4 Å². The first-order chi connectivity index (χ1) is 13.6. The zero-order chi connectivity index (χ0) is 19.9. The lowest BCUT2D eigenvalue weighted by molar-refractivity contribution is 0.00598. The van der Waals surface area contributed by atoms with Crippen molar-refractivity contribution in [2.45, 2.75) is 51.4 Å². The van der Waals surface area contributed by atoms with E-state index in [1.807, 2.05) is 13.0 Å². The summed E-state index contributed by atoms with van der Waals surface area (Å²) in [6, 6.07) is 7.22. The van der Waals surface area contributed by atoms with Crippen LogP contribution in [0.25, 0.3) is 0 Å². The Morgan fingerprint density at radius 3 is 2.57 bits per heavy atom. The minimum Gasteiger partial charge on any atom is -0.494 e. The molecule has 1 aromatic rings. The Labute approximate surface area is 169 Å². The van der Waals surface area contributed by atoms with E-state index in [9.17, 15) is 10.2 Å². The van der Waals surface area contributed by atoms with Crippen molar-refractivity contribution in [1.82, 2.24) is 14.7 Å². The standard InChI is InChI=1S/C22H37N3O3/c1-3-28-22-5-4-18(14-19(22)17-27)15-24-11-12-25(21(16-24)8-13-26)20-6-9-23(2)10-7-20/h4-5,14,20-21,26-27H,3,6-13,15-17H2,1-2H3. The maximum Gasteiger partial charge on any atom is 0.124 e. The van der Waals surface area contributed by atoms with Crippen LogP contribution in [0.15, 0.2) is 18.2 Å². The normalized spacial score (nSPS) is 23.2. The fourth-order valence-electron chi connectivity index (χ4n) is 4.70. The molecule has 158 valence electrons. The molecular formula is C22H37N3O3.